The molecule has 0 aliphatic rings. The molecule has 0 spiro atoms. The van der Waals surface area contributed by atoms with E-state index in [1.165, 1.54) is 7.11 Å². The van der Waals surface area contributed by atoms with Crippen LogP contribution in [0.15, 0.2) is 22.6 Å². The van der Waals surface area contributed by atoms with E-state index in [0.717, 1.165) is 17.5 Å². The van der Waals surface area contributed by atoms with Gasteiger partial charge in [-0.25, -0.2) is 9.78 Å². The smallest absolute Gasteiger partial charge is 0.376 e. The minimum absolute atomic E-state index is 0.168. The molecule has 2 aromatic rings. The maximum atomic E-state index is 11.7. The van der Waals surface area contributed by atoms with Gasteiger partial charge in [-0.3, -0.25) is 0 Å². The fourth-order valence-corrected chi connectivity index (χ4v) is 2.28. The standard InChI is InChI=1S/C15H16ClNO3/c1-4-5-12-13(15(18)19-3)20-14(17-12)10-6-9(2)7-11(16)8-10/h6-8H,4-5H2,1-3H3. The first-order chi connectivity index (χ1) is 9.55. The molecule has 0 aliphatic heterocycles. The van der Waals surface area contributed by atoms with Crippen LogP contribution in [0.5, 0.6) is 0 Å². The monoisotopic (exact) mass is 293 g/mol. The SMILES string of the molecule is CCCc1nc(-c2cc(C)cc(Cl)c2)oc1C(=O)OC. The number of halogens is 1. The van der Waals surface area contributed by atoms with Gasteiger partial charge in [-0.05, 0) is 37.1 Å². The number of ether oxygens (including phenoxy) is 1. The summed E-state index contributed by atoms with van der Waals surface area (Å²) < 4.78 is 10.3. The largest absolute Gasteiger partial charge is 0.463 e. The summed E-state index contributed by atoms with van der Waals surface area (Å²) in [5.74, 6) is 0.0485. The van der Waals surface area contributed by atoms with Crippen molar-refractivity contribution in [3.05, 3.63) is 40.2 Å². The normalized spacial score (nSPS) is 10.6. The molecule has 1 aromatic carbocycles. The van der Waals surface area contributed by atoms with E-state index in [4.69, 9.17) is 20.8 Å². The van der Waals surface area contributed by atoms with Crippen molar-refractivity contribution in [2.75, 3.05) is 7.11 Å². The molecule has 20 heavy (non-hydrogen) atoms. The highest BCUT2D eigenvalue weighted by Crippen LogP contribution is 2.27. The number of methoxy groups -OCH3 is 1. The molecule has 0 saturated carbocycles. The van der Waals surface area contributed by atoms with E-state index in [-0.39, 0.29) is 5.76 Å². The van der Waals surface area contributed by atoms with Crippen LogP contribution in [0.2, 0.25) is 5.02 Å². The second kappa shape index (κ2) is 6.09. The summed E-state index contributed by atoms with van der Waals surface area (Å²) in [5, 5.41) is 0.606. The molecule has 5 heteroatoms. The summed E-state index contributed by atoms with van der Waals surface area (Å²) >= 11 is 6.04. The molecule has 4 nitrogen and oxygen atoms in total. The van der Waals surface area contributed by atoms with Gasteiger partial charge in [0.25, 0.3) is 0 Å². The lowest BCUT2D eigenvalue weighted by atomic mass is 10.1. The Bertz CT molecular complexity index is 614. The Morgan fingerprint density at radius 3 is 2.75 bits per heavy atom. The van der Waals surface area contributed by atoms with E-state index in [1.807, 2.05) is 26.0 Å². The van der Waals surface area contributed by atoms with Gasteiger partial charge in [0.15, 0.2) is 0 Å². The van der Waals surface area contributed by atoms with E-state index >= 15 is 0 Å². The van der Waals surface area contributed by atoms with Gasteiger partial charge in [0.2, 0.25) is 11.7 Å². The highest BCUT2D eigenvalue weighted by molar-refractivity contribution is 6.30. The molecule has 0 amide bonds. The van der Waals surface area contributed by atoms with Crippen LogP contribution in [0, 0.1) is 6.92 Å². The van der Waals surface area contributed by atoms with Gasteiger partial charge in [0.1, 0.15) is 0 Å². The van der Waals surface area contributed by atoms with Gasteiger partial charge in [0.05, 0.1) is 12.8 Å². The van der Waals surface area contributed by atoms with Crippen molar-refractivity contribution in [1.29, 1.82) is 0 Å². The summed E-state index contributed by atoms with van der Waals surface area (Å²) in [6.07, 6.45) is 1.53. The zero-order valence-electron chi connectivity index (χ0n) is 11.7. The van der Waals surface area contributed by atoms with Crippen molar-refractivity contribution < 1.29 is 13.9 Å². The van der Waals surface area contributed by atoms with Crippen molar-refractivity contribution in [2.24, 2.45) is 0 Å². The number of carbonyl (C=O) groups excluding carboxylic acids is 1. The van der Waals surface area contributed by atoms with Crippen LogP contribution in [0.3, 0.4) is 0 Å². The minimum Gasteiger partial charge on any atom is -0.463 e. The third-order valence-corrected chi connectivity index (χ3v) is 3.06. The Morgan fingerprint density at radius 2 is 2.15 bits per heavy atom. The molecular formula is C15H16ClNO3. The van der Waals surface area contributed by atoms with Gasteiger partial charge in [-0.2, -0.15) is 0 Å². The van der Waals surface area contributed by atoms with Crippen LogP contribution in [0.1, 0.15) is 35.2 Å². The molecule has 0 bridgehead atoms. The number of esters is 1. The van der Waals surface area contributed by atoms with Crippen molar-refractivity contribution in [1.82, 2.24) is 4.98 Å². The maximum absolute atomic E-state index is 11.7. The van der Waals surface area contributed by atoms with Gasteiger partial charge in [0, 0.05) is 10.6 Å². The summed E-state index contributed by atoms with van der Waals surface area (Å²) in [6, 6.07) is 5.52. The average molecular weight is 294 g/mol. The van der Waals surface area contributed by atoms with Crippen LogP contribution >= 0.6 is 11.6 Å². The number of oxazole rings is 1. The van der Waals surface area contributed by atoms with Gasteiger partial charge in [-0.1, -0.05) is 24.9 Å². The Balaban J connectivity index is 2.49. The molecule has 0 aliphatic carbocycles. The van der Waals surface area contributed by atoms with Gasteiger partial charge < -0.3 is 9.15 Å². The van der Waals surface area contributed by atoms with Crippen molar-refractivity contribution in [3.8, 4) is 11.5 Å². The van der Waals surface area contributed by atoms with Gasteiger partial charge >= 0.3 is 5.97 Å². The van der Waals surface area contributed by atoms with Gasteiger partial charge in [-0.15, -0.1) is 0 Å². The molecule has 0 fully saturated rings. The Labute approximate surface area is 122 Å². The highest BCUT2D eigenvalue weighted by Gasteiger charge is 2.21. The quantitative estimate of drug-likeness (QED) is 0.798. The molecule has 0 N–H and O–H groups in total. The van der Waals surface area contributed by atoms with E-state index in [1.54, 1.807) is 6.07 Å². The number of rotatable bonds is 4. The zero-order valence-corrected chi connectivity index (χ0v) is 12.5. The number of aromatic nitrogens is 1. The third-order valence-electron chi connectivity index (χ3n) is 2.84. The Hall–Kier alpha value is -1.81. The molecule has 0 atom stereocenters. The summed E-state index contributed by atoms with van der Waals surface area (Å²) in [7, 11) is 1.32. The molecule has 0 radical (unpaired) electrons. The molecule has 0 saturated heterocycles. The zero-order chi connectivity index (χ0) is 14.7. The number of hydrogen-bond acceptors (Lipinski definition) is 4. The molecule has 1 aromatic heterocycles. The van der Waals surface area contributed by atoms with Crippen molar-refractivity contribution in [3.63, 3.8) is 0 Å². The Morgan fingerprint density at radius 1 is 1.40 bits per heavy atom. The van der Waals surface area contributed by atoms with Crippen LogP contribution in [0.25, 0.3) is 11.5 Å². The van der Waals surface area contributed by atoms with E-state index in [9.17, 15) is 4.79 Å². The summed E-state index contributed by atoms with van der Waals surface area (Å²) in [6.45, 7) is 3.95. The van der Waals surface area contributed by atoms with Crippen molar-refractivity contribution in [2.45, 2.75) is 26.7 Å². The van der Waals surface area contributed by atoms with Crippen LogP contribution in [-0.4, -0.2) is 18.1 Å². The number of carbonyl (C=O) groups is 1. The van der Waals surface area contributed by atoms with E-state index in [2.05, 4.69) is 4.98 Å². The fraction of sp³-hybridized carbons (Fsp3) is 0.333. The number of nitrogens with zero attached hydrogens (tertiary/aromatic N) is 1. The lowest BCUT2D eigenvalue weighted by Gasteiger charge is -1.99. The first-order valence-corrected chi connectivity index (χ1v) is 6.78. The lowest BCUT2D eigenvalue weighted by molar-refractivity contribution is 0.0564. The summed E-state index contributed by atoms with van der Waals surface area (Å²) in [4.78, 5) is 16.1. The van der Waals surface area contributed by atoms with Crippen LogP contribution < -0.4 is 0 Å². The van der Waals surface area contributed by atoms with Crippen LogP contribution in [0.4, 0.5) is 0 Å². The Kier molecular flexibility index (Phi) is 4.45. The number of hydrogen-bond donors (Lipinski definition) is 0. The van der Waals surface area contributed by atoms with E-state index < -0.39 is 5.97 Å². The lowest BCUT2D eigenvalue weighted by Crippen LogP contribution is -2.03. The maximum Gasteiger partial charge on any atom is 0.376 e. The first kappa shape index (κ1) is 14.6. The predicted octanol–water partition coefficient (Wildman–Crippen LogP) is 4.04. The molecule has 2 rings (SSSR count). The highest BCUT2D eigenvalue weighted by atomic mass is 35.5. The second-order valence-electron chi connectivity index (χ2n) is 4.55. The molecule has 1 heterocycles. The predicted molar refractivity (Wildman–Crippen MR) is 77.0 cm³/mol. The summed E-state index contributed by atoms with van der Waals surface area (Å²) in [5.41, 5.74) is 2.37. The topological polar surface area (TPSA) is 52.3 Å². The molecular weight excluding hydrogens is 278 g/mol. The van der Waals surface area contributed by atoms with Crippen LogP contribution in [-0.2, 0) is 11.2 Å². The number of benzene rings is 1. The molecule has 0 unspecified atom stereocenters. The minimum atomic E-state index is -0.508. The van der Waals surface area contributed by atoms with E-state index in [0.29, 0.717) is 23.0 Å². The third kappa shape index (κ3) is 3.02. The molecule has 106 valence electrons. The first-order valence-electron chi connectivity index (χ1n) is 6.40. The second-order valence-corrected chi connectivity index (χ2v) is 4.99. The fourth-order valence-electron chi connectivity index (χ4n) is 1.99. The van der Waals surface area contributed by atoms with Crippen molar-refractivity contribution >= 4 is 17.6 Å². The number of aryl methyl sites for hydroxylation is 2. The average Bonchev–Trinajstić information content (AvgIpc) is 2.81.